The van der Waals surface area contributed by atoms with Gasteiger partial charge in [-0.3, -0.25) is 4.90 Å². The third-order valence-corrected chi connectivity index (χ3v) is 5.29. The van der Waals surface area contributed by atoms with Gasteiger partial charge in [0.05, 0.1) is 13.2 Å². The third kappa shape index (κ3) is 4.39. The van der Waals surface area contributed by atoms with Crippen LogP contribution in [-0.4, -0.2) is 52.6 Å². The number of anilines is 1. The van der Waals surface area contributed by atoms with Crippen LogP contribution >= 0.6 is 0 Å². The number of terminal acetylenes is 1. The second-order valence-corrected chi connectivity index (χ2v) is 7.28. The second kappa shape index (κ2) is 8.60. The number of aromatic nitrogens is 3. The molecule has 1 fully saturated rings. The van der Waals surface area contributed by atoms with Gasteiger partial charge in [-0.1, -0.05) is 12.0 Å². The SMILES string of the molecule is C#CCOCc1ccc2nc(CN3CCN(c4ncnc(C)c4C)CC3)oc2c1. The van der Waals surface area contributed by atoms with Crippen LogP contribution in [0.5, 0.6) is 0 Å². The molecule has 0 N–H and O–H groups in total. The third-order valence-electron chi connectivity index (χ3n) is 5.29. The van der Waals surface area contributed by atoms with Gasteiger partial charge >= 0.3 is 0 Å². The zero-order valence-electron chi connectivity index (χ0n) is 16.9. The van der Waals surface area contributed by atoms with Crippen molar-refractivity contribution >= 4 is 16.9 Å². The Hall–Kier alpha value is -2.95. The molecule has 29 heavy (non-hydrogen) atoms. The predicted octanol–water partition coefficient (Wildman–Crippen LogP) is 2.71. The topological polar surface area (TPSA) is 67.5 Å². The summed E-state index contributed by atoms with van der Waals surface area (Å²) in [7, 11) is 0. The molecule has 0 bridgehead atoms. The van der Waals surface area contributed by atoms with Gasteiger partial charge in [0.2, 0.25) is 5.89 Å². The summed E-state index contributed by atoms with van der Waals surface area (Å²) in [6.45, 7) is 9.31. The molecule has 3 aromatic rings. The first-order valence-electron chi connectivity index (χ1n) is 9.79. The summed E-state index contributed by atoms with van der Waals surface area (Å²) < 4.78 is 11.4. The van der Waals surface area contributed by atoms with E-state index in [9.17, 15) is 0 Å². The van der Waals surface area contributed by atoms with Gasteiger partial charge in [-0.05, 0) is 31.5 Å². The van der Waals surface area contributed by atoms with Gasteiger partial charge in [-0.15, -0.1) is 6.42 Å². The molecule has 0 aliphatic carbocycles. The van der Waals surface area contributed by atoms with Crippen molar-refractivity contribution in [2.75, 3.05) is 37.7 Å². The van der Waals surface area contributed by atoms with E-state index in [4.69, 9.17) is 15.6 Å². The Morgan fingerprint density at radius 2 is 2.00 bits per heavy atom. The zero-order chi connectivity index (χ0) is 20.2. The van der Waals surface area contributed by atoms with E-state index in [-0.39, 0.29) is 0 Å². The first kappa shape index (κ1) is 19.4. The summed E-state index contributed by atoms with van der Waals surface area (Å²) in [6, 6.07) is 5.94. The van der Waals surface area contributed by atoms with Gasteiger partial charge in [-0.2, -0.15) is 0 Å². The highest BCUT2D eigenvalue weighted by molar-refractivity contribution is 5.73. The first-order valence-corrected chi connectivity index (χ1v) is 9.79. The average Bonchev–Trinajstić information content (AvgIpc) is 3.12. The van der Waals surface area contributed by atoms with Crippen molar-refractivity contribution in [3.05, 3.63) is 47.2 Å². The van der Waals surface area contributed by atoms with Crippen LogP contribution in [0.1, 0.15) is 22.7 Å². The number of rotatable bonds is 6. The zero-order valence-corrected chi connectivity index (χ0v) is 16.9. The number of hydrogen-bond acceptors (Lipinski definition) is 7. The molecule has 4 rings (SSSR count). The Morgan fingerprint density at radius 1 is 1.17 bits per heavy atom. The Labute approximate surface area is 170 Å². The van der Waals surface area contributed by atoms with Crippen LogP contribution in [0.15, 0.2) is 28.9 Å². The maximum Gasteiger partial charge on any atom is 0.209 e. The molecule has 1 aliphatic rings. The molecule has 1 aliphatic heterocycles. The Morgan fingerprint density at radius 3 is 2.79 bits per heavy atom. The molecule has 0 unspecified atom stereocenters. The van der Waals surface area contributed by atoms with E-state index >= 15 is 0 Å². The Bertz CT molecular complexity index is 1030. The monoisotopic (exact) mass is 391 g/mol. The lowest BCUT2D eigenvalue weighted by atomic mass is 10.2. The Kier molecular flexibility index (Phi) is 5.74. The van der Waals surface area contributed by atoms with Gasteiger partial charge < -0.3 is 14.1 Å². The lowest BCUT2D eigenvalue weighted by molar-refractivity contribution is 0.153. The van der Waals surface area contributed by atoms with Gasteiger partial charge in [0.1, 0.15) is 24.3 Å². The molecule has 0 spiro atoms. The minimum atomic E-state index is 0.305. The largest absolute Gasteiger partial charge is 0.439 e. The molecule has 0 radical (unpaired) electrons. The number of hydrogen-bond donors (Lipinski definition) is 0. The van der Waals surface area contributed by atoms with E-state index in [0.29, 0.717) is 19.8 Å². The number of benzene rings is 1. The van der Waals surface area contributed by atoms with E-state index < -0.39 is 0 Å². The molecular weight excluding hydrogens is 366 g/mol. The Balaban J connectivity index is 1.37. The van der Waals surface area contributed by atoms with Crippen molar-refractivity contribution in [1.82, 2.24) is 19.9 Å². The fourth-order valence-corrected chi connectivity index (χ4v) is 3.56. The van der Waals surface area contributed by atoms with E-state index in [1.165, 1.54) is 0 Å². The van der Waals surface area contributed by atoms with E-state index in [2.05, 4.69) is 37.6 Å². The average molecular weight is 391 g/mol. The number of fused-ring (bicyclic) bond motifs is 1. The number of ether oxygens (including phenoxy) is 1. The minimum Gasteiger partial charge on any atom is -0.439 e. The number of oxazole rings is 1. The summed E-state index contributed by atoms with van der Waals surface area (Å²) in [6.07, 6.45) is 6.86. The van der Waals surface area contributed by atoms with Crippen molar-refractivity contribution in [2.45, 2.75) is 27.0 Å². The molecular formula is C22H25N5O2. The quantitative estimate of drug-likeness (QED) is 0.473. The van der Waals surface area contributed by atoms with Crippen molar-refractivity contribution in [3.63, 3.8) is 0 Å². The van der Waals surface area contributed by atoms with Crippen LogP contribution in [0.2, 0.25) is 0 Å². The van der Waals surface area contributed by atoms with Gasteiger partial charge in [0.15, 0.2) is 5.58 Å². The fourth-order valence-electron chi connectivity index (χ4n) is 3.56. The molecule has 0 saturated carbocycles. The van der Waals surface area contributed by atoms with E-state index in [0.717, 1.165) is 65.8 Å². The van der Waals surface area contributed by atoms with Crippen LogP contribution in [0.25, 0.3) is 11.1 Å². The maximum absolute atomic E-state index is 5.98. The van der Waals surface area contributed by atoms with E-state index in [1.54, 1.807) is 6.33 Å². The van der Waals surface area contributed by atoms with Gasteiger partial charge in [-0.25, -0.2) is 15.0 Å². The summed E-state index contributed by atoms with van der Waals surface area (Å²) in [5, 5.41) is 0. The lowest BCUT2D eigenvalue weighted by Crippen LogP contribution is -2.46. The van der Waals surface area contributed by atoms with Crippen LogP contribution in [0.3, 0.4) is 0 Å². The maximum atomic E-state index is 5.98. The molecule has 1 saturated heterocycles. The standard InChI is InChI=1S/C22H25N5O2/c1-4-11-28-14-18-5-6-19-20(12-18)29-21(25-19)13-26-7-9-27(10-8-26)22-16(2)17(3)23-15-24-22/h1,5-6,12,15H,7-11,13-14H2,2-3H3. The predicted molar refractivity (Wildman–Crippen MR) is 111 cm³/mol. The van der Waals surface area contributed by atoms with Crippen LogP contribution in [-0.2, 0) is 17.9 Å². The molecule has 0 amide bonds. The highest BCUT2D eigenvalue weighted by atomic mass is 16.5. The van der Waals surface area contributed by atoms with Gasteiger partial charge in [0, 0.05) is 37.4 Å². The molecule has 7 nitrogen and oxygen atoms in total. The minimum absolute atomic E-state index is 0.305. The van der Waals surface area contributed by atoms with Crippen molar-refractivity contribution in [1.29, 1.82) is 0 Å². The first-order chi connectivity index (χ1) is 14.1. The fraction of sp³-hybridized carbons (Fsp3) is 0.409. The normalized spacial score (nSPS) is 15.0. The smallest absolute Gasteiger partial charge is 0.209 e. The summed E-state index contributed by atoms with van der Waals surface area (Å²) in [4.78, 5) is 18.1. The highest BCUT2D eigenvalue weighted by Crippen LogP contribution is 2.22. The second-order valence-electron chi connectivity index (χ2n) is 7.28. The van der Waals surface area contributed by atoms with Crippen LogP contribution in [0, 0.1) is 26.2 Å². The van der Waals surface area contributed by atoms with Crippen molar-refractivity contribution < 1.29 is 9.15 Å². The van der Waals surface area contributed by atoms with Gasteiger partial charge in [0.25, 0.3) is 0 Å². The van der Waals surface area contributed by atoms with Crippen LogP contribution in [0.4, 0.5) is 5.82 Å². The molecule has 3 heterocycles. The number of nitrogens with zero attached hydrogens (tertiary/aromatic N) is 5. The van der Waals surface area contributed by atoms with Crippen LogP contribution < -0.4 is 4.90 Å². The molecule has 2 aromatic heterocycles. The molecule has 0 atom stereocenters. The number of piperazine rings is 1. The summed E-state index contributed by atoms with van der Waals surface area (Å²) >= 11 is 0. The highest BCUT2D eigenvalue weighted by Gasteiger charge is 2.21. The lowest BCUT2D eigenvalue weighted by Gasteiger charge is -2.35. The molecule has 1 aromatic carbocycles. The summed E-state index contributed by atoms with van der Waals surface area (Å²) in [5.41, 5.74) is 4.87. The van der Waals surface area contributed by atoms with Crippen molar-refractivity contribution in [2.24, 2.45) is 0 Å². The molecule has 7 heteroatoms. The number of aryl methyl sites for hydroxylation is 1. The summed E-state index contributed by atoms with van der Waals surface area (Å²) in [5.74, 6) is 4.25. The van der Waals surface area contributed by atoms with Crippen molar-refractivity contribution in [3.8, 4) is 12.3 Å². The van der Waals surface area contributed by atoms with E-state index in [1.807, 2.05) is 25.1 Å². The molecule has 150 valence electrons.